The van der Waals surface area contributed by atoms with Crippen molar-refractivity contribution in [1.29, 1.82) is 0 Å². The van der Waals surface area contributed by atoms with Gasteiger partial charge >= 0.3 is 0 Å². The molecule has 1 saturated heterocycles. The molecule has 1 fully saturated rings. The Morgan fingerprint density at radius 3 is 2.24 bits per heavy atom. The first-order valence-electron chi connectivity index (χ1n) is 9.04. The molecule has 0 bridgehead atoms. The summed E-state index contributed by atoms with van der Waals surface area (Å²) < 4.78 is 27.3. The van der Waals surface area contributed by atoms with Gasteiger partial charge in [0.15, 0.2) is 0 Å². The molecule has 0 aliphatic carbocycles. The zero-order valence-electron chi connectivity index (χ0n) is 15.8. The van der Waals surface area contributed by atoms with Gasteiger partial charge in [-0.2, -0.15) is 4.31 Å². The minimum absolute atomic E-state index is 0.0793. The van der Waals surface area contributed by atoms with Gasteiger partial charge in [0.2, 0.25) is 15.9 Å². The van der Waals surface area contributed by atoms with Crippen LogP contribution >= 0.6 is 0 Å². The largest absolute Gasteiger partial charge is 0.341 e. The van der Waals surface area contributed by atoms with Gasteiger partial charge in [-0.3, -0.25) is 4.79 Å². The van der Waals surface area contributed by atoms with E-state index in [1.165, 1.54) is 4.31 Å². The molecule has 0 spiro atoms. The van der Waals surface area contributed by atoms with Crippen molar-refractivity contribution < 1.29 is 13.2 Å². The summed E-state index contributed by atoms with van der Waals surface area (Å²) in [5, 5.41) is 0. The maximum Gasteiger partial charge on any atom is 0.243 e. The van der Waals surface area contributed by atoms with Crippen LogP contribution in [0.4, 0.5) is 0 Å². The van der Waals surface area contributed by atoms with Crippen LogP contribution in [-0.4, -0.2) is 49.7 Å². The lowest BCUT2D eigenvalue weighted by atomic mass is 9.94. The third kappa shape index (κ3) is 4.82. The number of rotatable bonds is 4. The molecule has 1 aromatic rings. The maximum absolute atomic E-state index is 12.9. The van der Waals surface area contributed by atoms with Gasteiger partial charge in [-0.25, -0.2) is 8.42 Å². The lowest BCUT2D eigenvalue weighted by Gasteiger charge is -2.28. The fourth-order valence-corrected chi connectivity index (χ4v) is 4.55. The molecule has 25 heavy (non-hydrogen) atoms. The van der Waals surface area contributed by atoms with Crippen LogP contribution < -0.4 is 0 Å². The Morgan fingerprint density at radius 1 is 1.04 bits per heavy atom. The first-order valence-corrected chi connectivity index (χ1v) is 10.5. The average Bonchev–Trinajstić information content (AvgIpc) is 2.80. The van der Waals surface area contributed by atoms with Gasteiger partial charge in [0.1, 0.15) is 0 Å². The van der Waals surface area contributed by atoms with E-state index in [1.807, 2.05) is 32.9 Å². The molecule has 1 heterocycles. The van der Waals surface area contributed by atoms with Gasteiger partial charge in [-0.15, -0.1) is 0 Å². The number of amides is 1. The van der Waals surface area contributed by atoms with E-state index < -0.39 is 15.4 Å². The molecule has 1 aliphatic rings. The summed E-state index contributed by atoms with van der Waals surface area (Å²) in [7, 11) is -3.51. The fourth-order valence-electron chi connectivity index (χ4n) is 3.08. The Morgan fingerprint density at radius 2 is 1.68 bits per heavy atom. The van der Waals surface area contributed by atoms with Crippen LogP contribution in [0.2, 0.25) is 0 Å². The number of sulfonamides is 1. The highest BCUT2D eigenvalue weighted by Crippen LogP contribution is 2.22. The summed E-state index contributed by atoms with van der Waals surface area (Å²) in [6, 6.07) is 7.18. The molecule has 0 N–H and O–H groups in total. The smallest absolute Gasteiger partial charge is 0.243 e. The van der Waals surface area contributed by atoms with Crippen molar-refractivity contribution in [2.45, 2.75) is 51.9 Å². The van der Waals surface area contributed by atoms with Crippen molar-refractivity contribution in [1.82, 2.24) is 9.21 Å². The van der Waals surface area contributed by atoms with Crippen LogP contribution in [0.5, 0.6) is 0 Å². The van der Waals surface area contributed by atoms with Gasteiger partial charge in [0.25, 0.3) is 0 Å². The van der Waals surface area contributed by atoms with Crippen molar-refractivity contribution in [2.75, 3.05) is 26.2 Å². The van der Waals surface area contributed by atoms with E-state index in [0.29, 0.717) is 37.5 Å². The van der Waals surface area contributed by atoms with Gasteiger partial charge in [-0.05, 0) is 30.5 Å². The third-order valence-corrected chi connectivity index (χ3v) is 6.40. The van der Waals surface area contributed by atoms with E-state index in [2.05, 4.69) is 6.92 Å². The molecule has 0 aromatic heterocycles. The van der Waals surface area contributed by atoms with E-state index in [9.17, 15) is 13.2 Å². The second-order valence-electron chi connectivity index (χ2n) is 7.69. The molecule has 0 atom stereocenters. The van der Waals surface area contributed by atoms with E-state index in [1.54, 1.807) is 17.0 Å². The van der Waals surface area contributed by atoms with E-state index >= 15 is 0 Å². The predicted octanol–water partition coefficient (Wildman–Crippen LogP) is 2.91. The first kappa shape index (κ1) is 19.9. The zero-order valence-corrected chi connectivity index (χ0v) is 16.6. The summed E-state index contributed by atoms with van der Waals surface area (Å²) in [5.41, 5.74) is 0.711. The number of carbonyl (C=O) groups is 1. The molecule has 140 valence electrons. The lowest BCUT2D eigenvalue weighted by molar-refractivity contribution is -0.139. The molecule has 1 amide bonds. The van der Waals surface area contributed by atoms with Crippen LogP contribution in [-0.2, 0) is 21.2 Å². The molecular formula is C19H30N2O3S. The van der Waals surface area contributed by atoms with Crippen LogP contribution in [0.25, 0.3) is 0 Å². The van der Waals surface area contributed by atoms with Crippen LogP contribution in [0.15, 0.2) is 29.2 Å². The highest BCUT2D eigenvalue weighted by Gasteiger charge is 2.31. The minimum Gasteiger partial charge on any atom is -0.341 e. The zero-order chi connectivity index (χ0) is 18.7. The lowest BCUT2D eigenvalue weighted by Crippen LogP contribution is -2.42. The number of hydrogen-bond acceptors (Lipinski definition) is 3. The monoisotopic (exact) mass is 366 g/mol. The van der Waals surface area contributed by atoms with Crippen LogP contribution in [0.3, 0.4) is 0 Å². The normalized spacial score (nSPS) is 17.4. The molecule has 0 saturated carbocycles. The van der Waals surface area contributed by atoms with E-state index in [-0.39, 0.29) is 5.91 Å². The average molecular weight is 367 g/mol. The Labute approximate surface area is 152 Å². The van der Waals surface area contributed by atoms with Crippen molar-refractivity contribution in [2.24, 2.45) is 5.41 Å². The molecule has 5 nitrogen and oxygen atoms in total. The van der Waals surface area contributed by atoms with Gasteiger partial charge in [0.05, 0.1) is 4.90 Å². The van der Waals surface area contributed by atoms with Crippen LogP contribution in [0, 0.1) is 5.41 Å². The summed E-state index contributed by atoms with van der Waals surface area (Å²) >= 11 is 0. The molecule has 1 aromatic carbocycles. The minimum atomic E-state index is -3.51. The number of aryl methyl sites for hydroxylation is 1. The Balaban J connectivity index is 2.11. The van der Waals surface area contributed by atoms with Crippen molar-refractivity contribution >= 4 is 15.9 Å². The van der Waals surface area contributed by atoms with Crippen molar-refractivity contribution in [3.05, 3.63) is 29.8 Å². The van der Waals surface area contributed by atoms with Crippen LogP contribution in [0.1, 0.15) is 46.1 Å². The second-order valence-corrected chi connectivity index (χ2v) is 9.63. The predicted molar refractivity (Wildman–Crippen MR) is 99.8 cm³/mol. The first-order chi connectivity index (χ1) is 11.7. The Kier molecular flexibility index (Phi) is 6.27. The quantitative estimate of drug-likeness (QED) is 0.823. The SMILES string of the molecule is CCCc1ccc(S(=O)(=O)N2CCCN(C(=O)C(C)(C)C)CC2)cc1. The Hall–Kier alpha value is -1.40. The molecule has 0 unspecified atom stereocenters. The van der Waals surface area contributed by atoms with Gasteiger partial charge in [-0.1, -0.05) is 46.2 Å². The number of hydrogen-bond donors (Lipinski definition) is 0. The maximum atomic E-state index is 12.9. The number of benzene rings is 1. The molecule has 2 rings (SSSR count). The Bertz CT molecular complexity index is 690. The summed E-state index contributed by atoms with van der Waals surface area (Å²) in [6.07, 6.45) is 2.65. The fraction of sp³-hybridized carbons (Fsp3) is 0.632. The van der Waals surface area contributed by atoms with E-state index in [4.69, 9.17) is 0 Å². The molecular weight excluding hydrogens is 336 g/mol. The topological polar surface area (TPSA) is 57.7 Å². The summed E-state index contributed by atoms with van der Waals surface area (Å²) in [5.74, 6) is 0.0793. The summed E-state index contributed by atoms with van der Waals surface area (Å²) in [6.45, 7) is 9.65. The molecule has 6 heteroatoms. The number of carbonyl (C=O) groups excluding carboxylic acids is 1. The van der Waals surface area contributed by atoms with Gasteiger partial charge < -0.3 is 4.90 Å². The van der Waals surface area contributed by atoms with E-state index in [0.717, 1.165) is 18.4 Å². The standard InChI is InChI=1S/C19H30N2O3S/c1-5-7-16-8-10-17(11-9-16)25(23,24)21-13-6-12-20(14-15-21)18(22)19(2,3)4/h8-11H,5-7,12-15H2,1-4H3. The summed E-state index contributed by atoms with van der Waals surface area (Å²) in [4.78, 5) is 14.6. The molecule has 1 aliphatic heterocycles. The second kappa shape index (κ2) is 7.87. The molecule has 0 radical (unpaired) electrons. The van der Waals surface area contributed by atoms with Crippen molar-refractivity contribution in [3.8, 4) is 0 Å². The van der Waals surface area contributed by atoms with Crippen molar-refractivity contribution in [3.63, 3.8) is 0 Å². The number of nitrogens with zero attached hydrogens (tertiary/aromatic N) is 2. The van der Waals surface area contributed by atoms with Gasteiger partial charge in [0, 0.05) is 31.6 Å². The highest BCUT2D eigenvalue weighted by molar-refractivity contribution is 7.89. The highest BCUT2D eigenvalue weighted by atomic mass is 32.2. The third-order valence-electron chi connectivity index (χ3n) is 4.48.